The van der Waals surface area contributed by atoms with Crippen molar-refractivity contribution in [2.45, 2.75) is 6.54 Å². The summed E-state index contributed by atoms with van der Waals surface area (Å²) in [5, 5.41) is 4.31. The number of hydrogen-bond acceptors (Lipinski definition) is 6. The van der Waals surface area contributed by atoms with Gasteiger partial charge in [0.2, 0.25) is 5.65 Å². The molecule has 2 aromatic carbocycles. The van der Waals surface area contributed by atoms with Crippen molar-refractivity contribution in [1.29, 1.82) is 0 Å². The van der Waals surface area contributed by atoms with E-state index in [1.807, 2.05) is 12.1 Å². The Morgan fingerprint density at radius 3 is 2.69 bits per heavy atom. The van der Waals surface area contributed by atoms with E-state index in [1.165, 1.54) is 16.2 Å². The van der Waals surface area contributed by atoms with Gasteiger partial charge in [-0.3, -0.25) is 0 Å². The van der Waals surface area contributed by atoms with E-state index in [0.717, 1.165) is 0 Å². The molecule has 0 saturated heterocycles. The van der Waals surface area contributed by atoms with Gasteiger partial charge in [-0.2, -0.15) is 0 Å². The molecule has 8 heteroatoms. The van der Waals surface area contributed by atoms with Crippen molar-refractivity contribution < 1.29 is 9.53 Å². The highest BCUT2D eigenvalue weighted by molar-refractivity contribution is 5.91. The highest BCUT2D eigenvalue weighted by Crippen LogP contribution is 2.17. The maximum atomic E-state index is 12.9. The largest absolute Gasteiger partial charge is 0.465 e. The van der Waals surface area contributed by atoms with E-state index in [9.17, 15) is 9.59 Å². The maximum Gasteiger partial charge on any atom is 0.351 e. The summed E-state index contributed by atoms with van der Waals surface area (Å²) in [5.41, 5.74) is 8.14. The molecule has 2 N–H and O–H groups in total. The number of anilines is 1. The van der Waals surface area contributed by atoms with E-state index >= 15 is 0 Å². The molecule has 0 aliphatic carbocycles. The maximum absolute atomic E-state index is 12.9. The fourth-order valence-corrected chi connectivity index (χ4v) is 2.95. The highest BCUT2D eigenvalue weighted by Gasteiger charge is 2.17. The van der Waals surface area contributed by atoms with Gasteiger partial charge in [0.1, 0.15) is 0 Å². The first kappa shape index (κ1) is 15.8. The predicted octanol–water partition coefficient (Wildman–Crippen LogP) is 1.46. The number of carbonyl (C=O) groups is 1. The summed E-state index contributed by atoms with van der Waals surface area (Å²) in [7, 11) is 1.31. The zero-order chi connectivity index (χ0) is 18.3. The quantitative estimate of drug-likeness (QED) is 0.562. The molecular weight excluding hydrogens is 334 g/mol. The van der Waals surface area contributed by atoms with Crippen LogP contribution in [0.25, 0.3) is 16.7 Å². The van der Waals surface area contributed by atoms with Crippen LogP contribution in [-0.4, -0.2) is 32.2 Å². The number of hydrogen-bond donors (Lipinski definition) is 1. The van der Waals surface area contributed by atoms with Gasteiger partial charge >= 0.3 is 11.7 Å². The second-order valence-electron chi connectivity index (χ2n) is 5.73. The molecule has 26 heavy (non-hydrogen) atoms. The van der Waals surface area contributed by atoms with Gasteiger partial charge in [-0.05, 0) is 23.8 Å². The zero-order valence-corrected chi connectivity index (χ0v) is 13.9. The van der Waals surface area contributed by atoms with Crippen LogP contribution in [0.3, 0.4) is 0 Å². The van der Waals surface area contributed by atoms with Crippen molar-refractivity contribution in [3.05, 3.63) is 70.1 Å². The highest BCUT2D eigenvalue weighted by atomic mass is 16.5. The van der Waals surface area contributed by atoms with E-state index in [4.69, 9.17) is 10.5 Å². The number of aromatic nitrogens is 4. The van der Waals surface area contributed by atoms with E-state index in [2.05, 4.69) is 10.1 Å². The van der Waals surface area contributed by atoms with Crippen LogP contribution >= 0.6 is 0 Å². The Morgan fingerprint density at radius 2 is 1.88 bits per heavy atom. The van der Waals surface area contributed by atoms with E-state index in [-0.39, 0.29) is 23.7 Å². The van der Waals surface area contributed by atoms with Crippen LogP contribution in [0.15, 0.2) is 53.3 Å². The fourth-order valence-electron chi connectivity index (χ4n) is 2.95. The number of methoxy groups -OCH3 is 1. The molecule has 0 spiro atoms. The van der Waals surface area contributed by atoms with Gasteiger partial charge in [0.05, 0.1) is 30.3 Å². The number of nitrogens with zero attached hydrogens (tertiary/aromatic N) is 4. The minimum Gasteiger partial charge on any atom is -0.465 e. The number of nitrogens with two attached hydrogens (primary N) is 1. The number of esters is 1. The molecule has 0 saturated carbocycles. The molecule has 4 rings (SSSR count). The van der Waals surface area contributed by atoms with Crippen molar-refractivity contribution in [2.75, 3.05) is 12.8 Å². The lowest BCUT2D eigenvalue weighted by Gasteiger charge is -2.06. The Morgan fingerprint density at radius 1 is 1.15 bits per heavy atom. The molecule has 0 radical (unpaired) electrons. The van der Waals surface area contributed by atoms with E-state index in [1.54, 1.807) is 36.4 Å². The van der Waals surface area contributed by atoms with Gasteiger partial charge in [-0.1, -0.05) is 30.3 Å². The summed E-state index contributed by atoms with van der Waals surface area (Å²) in [5.74, 6) is -0.301. The summed E-state index contributed by atoms with van der Waals surface area (Å²) in [6.45, 7) is 0.111. The van der Waals surface area contributed by atoms with Crippen LogP contribution in [0.1, 0.15) is 15.9 Å². The van der Waals surface area contributed by atoms with Crippen molar-refractivity contribution >= 4 is 28.5 Å². The topological polar surface area (TPSA) is 105 Å². The number of rotatable bonds is 3. The predicted molar refractivity (Wildman–Crippen MR) is 96.0 cm³/mol. The van der Waals surface area contributed by atoms with E-state index < -0.39 is 5.97 Å². The minimum atomic E-state index is -0.468. The summed E-state index contributed by atoms with van der Waals surface area (Å²) in [6.07, 6.45) is 0. The molecule has 8 nitrogen and oxygen atoms in total. The van der Waals surface area contributed by atoms with Crippen LogP contribution < -0.4 is 11.4 Å². The summed E-state index contributed by atoms with van der Waals surface area (Å²) < 4.78 is 7.49. The van der Waals surface area contributed by atoms with Gasteiger partial charge < -0.3 is 10.5 Å². The minimum absolute atomic E-state index is 0.111. The monoisotopic (exact) mass is 349 g/mol. The Hall–Kier alpha value is -3.68. The number of benzene rings is 2. The van der Waals surface area contributed by atoms with Crippen LogP contribution in [0.5, 0.6) is 0 Å². The third kappa shape index (κ3) is 2.39. The van der Waals surface area contributed by atoms with Gasteiger partial charge in [0.25, 0.3) is 0 Å². The first-order valence-electron chi connectivity index (χ1n) is 7.90. The molecule has 0 aliphatic heterocycles. The second kappa shape index (κ2) is 5.99. The summed E-state index contributed by atoms with van der Waals surface area (Å²) in [6, 6.07) is 14.1. The van der Waals surface area contributed by atoms with Gasteiger partial charge in [-0.15, -0.1) is 5.10 Å². The SMILES string of the molecule is COC(=O)c1ccccc1Cn1nc2c(N)nc3ccccc3n2c1=O. The lowest BCUT2D eigenvalue weighted by Crippen LogP contribution is -2.23. The summed E-state index contributed by atoms with van der Waals surface area (Å²) in [4.78, 5) is 29.2. The molecule has 0 aliphatic rings. The van der Waals surface area contributed by atoms with Crippen LogP contribution in [0.2, 0.25) is 0 Å². The molecule has 2 aromatic heterocycles. The summed E-state index contributed by atoms with van der Waals surface area (Å²) >= 11 is 0. The third-order valence-corrected chi connectivity index (χ3v) is 4.17. The number of fused-ring (bicyclic) bond motifs is 3. The molecule has 2 heterocycles. The number of para-hydroxylation sites is 2. The molecule has 0 atom stereocenters. The smallest absolute Gasteiger partial charge is 0.351 e. The average molecular weight is 349 g/mol. The molecule has 0 unspecified atom stereocenters. The standard InChI is InChI=1S/C18H15N5O3/c1-26-17(24)12-7-3-2-6-11(12)10-22-18(25)23-14-9-5-4-8-13(14)20-15(19)16(23)21-22/h2-9H,10H2,1H3,(H2,19,20). The fraction of sp³-hybridized carbons (Fsp3) is 0.111. The first-order valence-corrected chi connectivity index (χ1v) is 7.90. The van der Waals surface area contributed by atoms with Crippen molar-refractivity contribution in [2.24, 2.45) is 0 Å². The first-order chi connectivity index (χ1) is 12.6. The molecular formula is C18H15N5O3. The Bertz CT molecular complexity index is 1210. The van der Waals surface area contributed by atoms with Crippen LogP contribution in [0, 0.1) is 0 Å². The average Bonchev–Trinajstić information content (AvgIpc) is 2.99. The third-order valence-electron chi connectivity index (χ3n) is 4.17. The number of carbonyl (C=O) groups excluding carboxylic acids is 1. The van der Waals surface area contributed by atoms with Crippen molar-refractivity contribution in [1.82, 2.24) is 19.2 Å². The molecule has 4 aromatic rings. The number of nitrogen functional groups attached to an aromatic ring is 1. The lowest BCUT2D eigenvalue weighted by atomic mass is 10.1. The van der Waals surface area contributed by atoms with E-state index in [0.29, 0.717) is 22.2 Å². The second-order valence-corrected chi connectivity index (χ2v) is 5.73. The number of ether oxygens (including phenoxy) is 1. The van der Waals surface area contributed by atoms with Crippen LogP contribution in [0.4, 0.5) is 5.82 Å². The van der Waals surface area contributed by atoms with Gasteiger partial charge in [0.15, 0.2) is 5.82 Å². The Balaban J connectivity index is 1.91. The molecule has 0 fully saturated rings. The Kier molecular flexibility index (Phi) is 3.65. The molecule has 130 valence electrons. The zero-order valence-electron chi connectivity index (χ0n) is 13.9. The molecule has 0 amide bonds. The lowest BCUT2D eigenvalue weighted by molar-refractivity contribution is 0.0599. The van der Waals surface area contributed by atoms with Crippen molar-refractivity contribution in [3.63, 3.8) is 0 Å². The normalized spacial score (nSPS) is 11.1. The van der Waals surface area contributed by atoms with Gasteiger partial charge in [-0.25, -0.2) is 23.7 Å². The van der Waals surface area contributed by atoms with Crippen LogP contribution in [-0.2, 0) is 11.3 Å². The molecule has 0 bridgehead atoms. The Labute approximate surface area is 147 Å². The van der Waals surface area contributed by atoms with Crippen molar-refractivity contribution in [3.8, 4) is 0 Å². The van der Waals surface area contributed by atoms with Gasteiger partial charge in [0, 0.05) is 0 Å².